The Kier molecular flexibility index (Phi) is 10.9. The first-order valence-corrected chi connectivity index (χ1v) is 12.4. The van der Waals surface area contributed by atoms with Crippen LogP contribution in [-0.2, 0) is 6.54 Å². The maximum absolute atomic E-state index is 5.69. The fraction of sp³-hybridized carbons (Fsp3) is 0.519. The number of halogens is 1. The van der Waals surface area contributed by atoms with Gasteiger partial charge >= 0.3 is 0 Å². The number of rotatable bonds is 8. The number of aliphatic imine (C=N–C) groups is 1. The fourth-order valence-corrected chi connectivity index (χ4v) is 5.09. The molecular weight excluding hydrogens is 537 g/mol. The van der Waals surface area contributed by atoms with Gasteiger partial charge in [0, 0.05) is 44.8 Å². The predicted octanol–water partition coefficient (Wildman–Crippen LogP) is 4.28. The largest absolute Gasteiger partial charge is 0.496 e. The highest BCUT2D eigenvalue weighted by Gasteiger charge is 2.26. The van der Waals surface area contributed by atoms with Crippen molar-refractivity contribution in [2.24, 2.45) is 4.99 Å². The van der Waals surface area contributed by atoms with Crippen LogP contribution in [0.2, 0.25) is 0 Å². The Morgan fingerprint density at radius 2 is 1.68 bits per heavy atom. The minimum Gasteiger partial charge on any atom is -0.496 e. The number of piperidine rings is 1. The number of likely N-dealkylation sites (tertiary alicyclic amines) is 2. The Morgan fingerprint density at radius 1 is 1.00 bits per heavy atom. The van der Waals surface area contributed by atoms with Crippen molar-refractivity contribution < 1.29 is 4.74 Å². The highest BCUT2D eigenvalue weighted by atomic mass is 127. The number of methoxy groups -OCH3 is 1. The van der Waals surface area contributed by atoms with Crippen LogP contribution in [0, 0.1) is 0 Å². The minimum atomic E-state index is 0. The molecule has 186 valence electrons. The summed E-state index contributed by atoms with van der Waals surface area (Å²) in [5.41, 5.74) is 2.64. The van der Waals surface area contributed by atoms with Gasteiger partial charge in [0.2, 0.25) is 0 Å². The molecular formula is C27H40IN5O. The molecule has 2 N–H and O–H groups in total. The molecule has 2 aliphatic rings. The number of hydrogen-bond acceptors (Lipinski definition) is 4. The highest BCUT2D eigenvalue weighted by Crippen LogP contribution is 2.31. The first kappa shape index (κ1) is 26.8. The number of nitrogens with one attached hydrogen (secondary N) is 2. The number of guanidine groups is 1. The molecule has 2 fully saturated rings. The van der Waals surface area contributed by atoms with E-state index in [0.717, 1.165) is 63.8 Å². The van der Waals surface area contributed by atoms with E-state index < -0.39 is 0 Å². The van der Waals surface area contributed by atoms with Gasteiger partial charge in [0.15, 0.2) is 5.96 Å². The van der Waals surface area contributed by atoms with Crippen LogP contribution < -0.4 is 15.4 Å². The summed E-state index contributed by atoms with van der Waals surface area (Å²) in [6.07, 6.45) is 4.80. The molecule has 0 aliphatic carbocycles. The van der Waals surface area contributed by atoms with Gasteiger partial charge in [-0.1, -0.05) is 48.5 Å². The SMILES string of the molecule is CN=C(NCC(c1ccccc1OC)N1CCCC1)NC1CCN(Cc2ccccc2)CC1.I. The summed E-state index contributed by atoms with van der Waals surface area (Å²) < 4.78 is 5.69. The monoisotopic (exact) mass is 577 g/mol. The molecule has 0 saturated carbocycles. The summed E-state index contributed by atoms with van der Waals surface area (Å²) in [6.45, 7) is 6.35. The van der Waals surface area contributed by atoms with Crippen molar-refractivity contribution in [1.29, 1.82) is 0 Å². The molecule has 0 spiro atoms. The molecule has 2 heterocycles. The lowest BCUT2D eigenvalue weighted by Gasteiger charge is -2.34. The van der Waals surface area contributed by atoms with E-state index in [1.807, 2.05) is 13.1 Å². The van der Waals surface area contributed by atoms with Crippen molar-refractivity contribution in [2.75, 3.05) is 46.9 Å². The zero-order chi connectivity index (χ0) is 22.9. The summed E-state index contributed by atoms with van der Waals surface area (Å²) >= 11 is 0. The topological polar surface area (TPSA) is 52.1 Å². The van der Waals surface area contributed by atoms with Gasteiger partial charge in [0.25, 0.3) is 0 Å². The van der Waals surface area contributed by atoms with Gasteiger partial charge in [0.05, 0.1) is 13.2 Å². The second-order valence-corrected chi connectivity index (χ2v) is 9.13. The lowest BCUT2D eigenvalue weighted by molar-refractivity contribution is 0.198. The van der Waals surface area contributed by atoms with E-state index in [-0.39, 0.29) is 30.0 Å². The van der Waals surface area contributed by atoms with Gasteiger partial charge in [0.1, 0.15) is 5.75 Å². The number of hydrogen-bond donors (Lipinski definition) is 2. The third-order valence-corrected chi connectivity index (χ3v) is 6.94. The third kappa shape index (κ3) is 7.33. The third-order valence-electron chi connectivity index (χ3n) is 6.94. The van der Waals surface area contributed by atoms with Gasteiger partial charge in [-0.25, -0.2) is 0 Å². The van der Waals surface area contributed by atoms with Crippen LogP contribution in [0.3, 0.4) is 0 Å². The summed E-state index contributed by atoms with van der Waals surface area (Å²) in [6, 6.07) is 19.9. The molecule has 0 aromatic heterocycles. The first-order valence-electron chi connectivity index (χ1n) is 12.4. The number of nitrogens with zero attached hydrogens (tertiary/aromatic N) is 3. The second kappa shape index (κ2) is 13.9. The highest BCUT2D eigenvalue weighted by molar-refractivity contribution is 14.0. The van der Waals surface area contributed by atoms with Gasteiger partial charge in [-0.05, 0) is 50.4 Å². The smallest absolute Gasteiger partial charge is 0.191 e. The quantitative estimate of drug-likeness (QED) is 0.279. The predicted molar refractivity (Wildman–Crippen MR) is 151 cm³/mol. The Labute approximate surface area is 222 Å². The van der Waals surface area contributed by atoms with Crippen molar-refractivity contribution >= 4 is 29.9 Å². The van der Waals surface area contributed by atoms with Crippen LogP contribution in [-0.4, -0.2) is 68.7 Å². The van der Waals surface area contributed by atoms with E-state index in [0.29, 0.717) is 6.04 Å². The summed E-state index contributed by atoms with van der Waals surface area (Å²) in [7, 11) is 3.63. The van der Waals surface area contributed by atoms with E-state index >= 15 is 0 Å². The minimum absolute atomic E-state index is 0. The molecule has 2 aromatic carbocycles. The molecule has 1 atom stereocenters. The summed E-state index contributed by atoms with van der Waals surface area (Å²) in [4.78, 5) is 9.65. The maximum Gasteiger partial charge on any atom is 0.191 e. The molecule has 2 saturated heterocycles. The molecule has 7 heteroatoms. The zero-order valence-corrected chi connectivity index (χ0v) is 22.9. The van der Waals surface area contributed by atoms with Crippen LogP contribution in [0.25, 0.3) is 0 Å². The Balaban J connectivity index is 0.00000324. The molecule has 4 rings (SSSR count). The van der Waals surface area contributed by atoms with Crippen molar-refractivity contribution in [3.63, 3.8) is 0 Å². The molecule has 0 radical (unpaired) electrons. The van der Waals surface area contributed by atoms with E-state index in [9.17, 15) is 0 Å². The summed E-state index contributed by atoms with van der Waals surface area (Å²) in [5, 5.41) is 7.30. The molecule has 2 aromatic rings. The van der Waals surface area contributed by atoms with E-state index in [2.05, 4.69) is 74.0 Å². The standard InChI is InChI=1S/C27H39N5O.HI/c1-28-27(30-23-14-18-31(19-15-23)21-22-10-4-3-5-11-22)29-20-25(32-16-8-9-17-32)24-12-6-7-13-26(24)33-2;/h3-7,10-13,23,25H,8-9,14-21H2,1-2H3,(H2,28,29,30);1H. The lowest BCUT2D eigenvalue weighted by Crippen LogP contribution is -2.50. The number of ether oxygens (including phenoxy) is 1. The zero-order valence-electron chi connectivity index (χ0n) is 20.6. The van der Waals surface area contributed by atoms with E-state index in [1.165, 1.54) is 24.0 Å². The lowest BCUT2D eigenvalue weighted by atomic mass is 10.0. The molecule has 34 heavy (non-hydrogen) atoms. The van der Waals surface area contributed by atoms with Gasteiger partial charge in [-0.3, -0.25) is 14.8 Å². The normalized spacial score (nSPS) is 18.8. The average molecular weight is 578 g/mol. The molecule has 1 unspecified atom stereocenters. The van der Waals surface area contributed by atoms with Crippen molar-refractivity contribution in [2.45, 2.75) is 44.3 Å². The van der Waals surface area contributed by atoms with E-state index in [1.54, 1.807) is 7.11 Å². The van der Waals surface area contributed by atoms with E-state index in [4.69, 9.17) is 4.74 Å². The number of para-hydroxylation sites is 1. The molecule has 0 bridgehead atoms. The van der Waals surface area contributed by atoms with Crippen LogP contribution >= 0.6 is 24.0 Å². The van der Waals surface area contributed by atoms with Crippen molar-refractivity contribution in [3.05, 3.63) is 65.7 Å². The molecule has 6 nitrogen and oxygen atoms in total. The first-order chi connectivity index (χ1) is 16.3. The summed E-state index contributed by atoms with van der Waals surface area (Å²) in [5.74, 6) is 1.86. The van der Waals surface area contributed by atoms with Crippen molar-refractivity contribution in [3.8, 4) is 5.75 Å². The van der Waals surface area contributed by atoms with Crippen molar-refractivity contribution in [1.82, 2.24) is 20.4 Å². The Morgan fingerprint density at radius 3 is 2.35 bits per heavy atom. The fourth-order valence-electron chi connectivity index (χ4n) is 5.09. The van der Waals surface area contributed by atoms with Gasteiger partial charge in [-0.15, -0.1) is 24.0 Å². The molecule has 2 aliphatic heterocycles. The molecule has 0 amide bonds. The van der Waals surface area contributed by atoms with Crippen LogP contribution in [0.1, 0.15) is 42.9 Å². The average Bonchev–Trinajstić information content (AvgIpc) is 3.40. The van der Waals surface area contributed by atoms with Gasteiger partial charge < -0.3 is 15.4 Å². The maximum atomic E-state index is 5.69. The van der Waals surface area contributed by atoms with Crippen LogP contribution in [0.5, 0.6) is 5.75 Å². The van der Waals surface area contributed by atoms with Crippen LogP contribution in [0.4, 0.5) is 0 Å². The van der Waals surface area contributed by atoms with Crippen LogP contribution in [0.15, 0.2) is 59.6 Å². The Bertz CT molecular complexity index is 880. The second-order valence-electron chi connectivity index (χ2n) is 9.13. The van der Waals surface area contributed by atoms with Gasteiger partial charge in [-0.2, -0.15) is 0 Å². The number of benzene rings is 2. The Hall–Kier alpha value is -1.84.